The first-order chi connectivity index (χ1) is 16.1. The lowest BCUT2D eigenvalue weighted by atomic mass is 10.2. The fourth-order valence-electron chi connectivity index (χ4n) is 3.69. The van der Waals surface area contributed by atoms with Gasteiger partial charge in [0.25, 0.3) is 11.6 Å². The average Bonchev–Trinajstić information content (AvgIpc) is 3.37. The number of nitrogens with one attached hydrogen (secondary N) is 3. The molecule has 174 valence electrons. The molecular weight excluding hydrogens is 460 g/mol. The topological polar surface area (TPSA) is 135 Å². The summed E-state index contributed by atoms with van der Waals surface area (Å²) in [5.74, 6) is -0.777. The van der Waals surface area contributed by atoms with Crippen LogP contribution >= 0.6 is 11.6 Å². The number of aromatic nitrogens is 3. The van der Waals surface area contributed by atoms with E-state index in [1.165, 1.54) is 18.2 Å². The molecule has 0 saturated heterocycles. The van der Waals surface area contributed by atoms with Gasteiger partial charge in [-0.05, 0) is 51.1 Å². The Morgan fingerprint density at radius 2 is 1.91 bits per heavy atom. The van der Waals surface area contributed by atoms with Gasteiger partial charge in [0.1, 0.15) is 17.3 Å². The third-order valence-corrected chi connectivity index (χ3v) is 5.66. The van der Waals surface area contributed by atoms with E-state index in [-0.39, 0.29) is 27.8 Å². The number of rotatable bonds is 6. The summed E-state index contributed by atoms with van der Waals surface area (Å²) in [5, 5.41) is 21.8. The molecule has 2 heterocycles. The van der Waals surface area contributed by atoms with Crippen LogP contribution in [0.3, 0.4) is 0 Å². The number of hydrogen-bond acceptors (Lipinski definition) is 5. The minimum Gasteiger partial charge on any atom is -0.345 e. The van der Waals surface area contributed by atoms with E-state index in [4.69, 9.17) is 11.6 Å². The number of benzene rings is 2. The van der Waals surface area contributed by atoms with Crippen molar-refractivity contribution in [2.75, 3.05) is 10.6 Å². The van der Waals surface area contributed by atoms with Crippen LogP contribution in [-0.4, -0.2) is 31.5 Å². The molecule has 0 saturated carbocycles. The van der Waals surface area contributed by atoms with Gasteiger partial charge in [-0.3, -0.25) is 24.4 Å². The smallest absolute Gasteiger partial charge is 0.293 e. The van der Waals surface area contributed by atoms with Gasteiger partial charge in [0.15, 0.2) is 0 Å². The van der Waals surface area contributed by atoms with Crippen molar-refractivity contribution in [1.82, 2.24) is 14.8 Å². The summed E-state index contributed by atoms with van der Waals surface area (Å²) >= 11 is 6.34. The van der Waals surface area contributed by atoms with Crippen LogP contribution in [0.15, 0.2) is 48.5 Å². The van der Waals surface area contributed by atoms with Gasteiger partial charge in [-0.1, -0.05) is 23.7 Å². The summed E-state index contributed by atoms with van der Waals surface area (Å²) in [6.45, 7) is 5.47. The summed E-state index contributed by atoms with van der Waals surface area (Å²) in [7, 11) is 0. The molecule has 2 aromatic carbocycles. The molecule has 4 rings (SSSR count). The predicted octanol–water partition coefficient (Wildman–Crippen LogP) is 4.99. The van der Waals surface area contributed by atoms with Gasteiger partial charge >= 0.3 is 0 Å². The van der Waals surface area contributed by atoms with Crippen molar-refractivity contribution in [3.8, 4) is 0 Å². The molecule has 0 aliphatic carbocycles. The maximum atomic E-state index is 12.7. The second-order valence-electron chi connectivity index (χ2n) is 7.87. The van der Waals surface area contributed by atoms with Crippen molar-refractivity contribution in [3.63, 3.8) is 0 Å². The summed E-state index contributed by atoms with van der Waals surface area (Å²) < 4.78 is 1.64. The first-order valence-corrected chi connectivity index (χ1v) is 10.7. The second-order valence-corrected chi connectivity index (χ2v) is 8.27. The van der Waals surface area contributed by atoms with Crippen LogP contribution in [-0.2, 0) is 4.79 Å². The van der Waals surface area contributed by atoms with Crippen molar-refractivity contribution in [3.05, 3.63) is 80.7 Å². The molecular formula is C23H21ClN6O4. The number of hydrogen-bond donors (Lipinski definition) is 3. The van der Waals surface area contributed by atoms with Gasteiger partial charge in [0, 0.05) is 22.8 Å². The van der Waals surface area contributed by atoms with E-state index < -0.39 is 16.9 Å². The molecule has 0 fully saturated rings. The Bertz CT molecular complexity index is 1440. The Labute approximate surface area is 199 Å². The van der Waals surface area contributed by atoms with E-state index in [0.717, 1.165) is 11.4 Å². The van der Waals surface area contributed by atoms with Crippen molar-refractivity contribution in [2.24, 2.45) is 0 Å². The summed E-state index contributed by atoms with van der Waals surface area (Å²) in [6.07, 6.45) is 0. The highest BCUT2D eigenvalue weighted by molar-refractivity contribution is 6.34. The standard InChI is InChI=1S/C23H21ClN6O4/c1-12-9-13(2)29(28-12)14(3)22(31)27-18-8-7-16(11-17(18)24)25-23(32)19-10-15-5-4-6-20(30(33)34)21(15)26-19/h4-11,14,26H,1-3H3,(H,25,32)(H,27,31). The van der Waals surface area contributed by atoms with E-state index in [1.807, 2.05) is 19.9 Å². The Balaban J connectivity index is 1.48. The van der Waals surface area contributed by atoms with Crippen LogP contribution in [0.1, 0.15) is 34.8 Å². The van der Waals surface area contributed by atoms with Crippen LogP contribution < -0.4 is 10.6 Å². The van der Waals surface area contributed by atoms with Crippen molar-refractivity contribution in [2.45, 2.75) is 26.8 Å². The van der Waals surface area contributed by atoms with Crippen molar-refractivity contribution in [1.29, 1.82) is 0 Å². The van der Waals surface area contributed by atoms with Gasteiger partial charge in [0.05, 0.1) is 21.3 Å². The zero-order valence-electron chi connectivity index (χ0n) is 18.5. The van der Waals surface area contributed by atoms with Gasteiger partial charge in [-0.2, -0.15) is 5.10 Å². The van der Waals surface area contributed by atoms with Gasteiger partial charge in [-0.15, -0.1) is 0 Å². The number of aryl methyl sites for hydroxylation is 2. The number of carbonyl (C=O) groups excluding carboxylic acids is 2. The predicted molar refractivity (Wildman–Crippen MR) is 129 cm³/mol. The highest BCUT2D eigenvalue weighted by Gasteiger charge is 2.20. The Kier molecular flexibility index (Phi) is 6.08. The lowest BCUT2D eigenvalue weighted by Crippen LogP contribution is -2.25. The number of amides is 2. The lowest BCUT2D eigenvalue weighted by molar-refractivity contribution is -0.383. The number of carbonyl (C=O) groups is 2. The Hall–Kier alpha value is -4.18. The molecule has 2 amide bonds. The van der Waals surface area contributed by atoms with E-state index >= 15 is 0 Å². The number of nitro groups is 1. The first kappa shape index (κ1) is 23.0. The number of anilines is 2. The number of non-ortho nitro benzene ring substituents is 1. The number of para-hydroxylation sites is 1. The normalized spacial score (nSPS) is 11.9. The molecule has 0 bridgehead atoms. The third kappa shape index (κ3) is 4.48. The molecule has 0 aliphatic rings. The van der Waals surface area contributed by atoms with Crippen LogP contribution in [0, 0.1) is 24.0 Å². The highest BCUT2D eigenvalue weighted by atomic mass is 35.5. The number of H-pyrrole nitrogens is 1. The minimum absolute atomic E-state index is 0.116. The van der Waals surface area contributed by atoms with E-state index in [1.54, 1.807) is 35.9 Å². The van der Waals surface area contributed by atoms with Crippen LogP contribution in [0.4, 0.5) is 17.1 Å². The minimum atomic E-state index is -0.546. The maximum Gasteiger partial charge on any atom is 0.293 e. The van der Waals surface area contributed by atoms with Crippen molar-refractivity contribution < 1.29 is 14.5 Å². The zero-order valence-corrected chi connectivity index (χ0v) is 19.3. The van der Waals surface area contributed by atoms with Crippen LogP contribution in [0.5, 0.6) is 0 Å². The number of nitrogens with zero attached hydrogens (tertiary/aromatic N) is 3. The molecule has 0 radical (unpaired) electrons. The molecule has 0 aliphatic heterocycles. The van der Waals surface area contributed by atoms with Crippen LogP contribution in [0.2, 0.25) is 5.02 Å². The molecule has 2 aromatic heterocycles. The average molecular weight is 481 g/mol. The summed E-state index contributed by atoms with van der Waals surface area (Å²) in [4.78, 5) is 38.9. The van der Waals surface area contributed by atoms with Gasteiger partial charge in [0.2, 0.25) is 5.91 Å². The summed E-state index contributed by atoms with van der Waals surface area (Å²) in [6, 6.07) is 12.2. The molecule has 4 aromatic rings. The fraction of sp³-hybridized carbons (Fsp3) is 0.174. The number of halogens is 1. The first-order valence-electron chi connectivity index (χ1n) is 10.3. The number of nitro benzene ring substituents is 1. The van der Waals surface area contributed by atoms with Crippen molar-refractivity contribution >= 4 is 51.4 Å². The van der Waals surface area contributed by atoms with E-state index in [0.29, 0.717) is 16.8 Å². The Morgan fingerprint density at radius 1 is 1.15 bits per heavy atom. The van der Waals surface area contributed by atoms with Crippen LogP contribution in [0.25, 0.3) is 10.9 Å². The molecule has 0 spiro atoms. The molecule has 1 unspecified atom stereocenters. The SMILES string of the molecule is Cc1cc(C)n(C(C)C(=O)Nc2ccc(NC(=O)c3cc4cccc([N+](=O)[O-])c4[nH]3)cc2Cl)n1. The fourth-order valence-corrected chi connectivity index (χ4v) is 3.92. The number of fused-ring (bicyclic) bond motifs is 1. The zero-order chi connectivity index (χ0) is 24.6. The quantitative estimate of drug-likeness (QED) is 0.264. The molecule has 1 atom stereocenters. The van der Waals surface area contributed by atoms with Gasteiger partial charge in [-0.25, -0.2) is 0 Å². The highest BCUT2D eigenvalue weighted by Crippen LogP contribution is 2.28. The maximum absolute atomic E-state index is 12.7. The third-order valence-electron chi connectivity index (χ3n) is 5.35. The van der Waals surface area contributed by atoms with Gasteiger partial charge < -0.3 is 15.6 Å². The molecule has 11 heteroatoms. The summed E-state index contributed by atoms with van der Waals surface area (Å²) in [5.41, 5.74) is 2.79. The Morgan fingerprint density at radius 3 is 2.56 bits per heavy atom. The molecule has 10 nitrogen and oxygen atoms in total. The number of aromatic amines is 1. The largest absolute Gasteiger partial charge is 0.345 e. The lowest BCUT2D eigenvalue weighted by Gasteiger charge is -2.15. The molecule has 34 heavy (non-hydrogen) atoms. The van der Waals surface area contributed by atoms with E-state index in [9.17, 15) is 19.7 Å². The monoisotopic (exact) mass is 480 g/mol. The molecule has 3 N–H and O–H groups in total. The van der Waals surface area contributed by atoms with E-state index in [2.05, 4.69) is 20.7 Å². The second kappa shape index (κ2) is 8.99.